The summed E-state index contributed by atoms with van der Waals surface area (Å²) in [6.45, 7) is 5.12. The zero-order chi connectivity index (χ0) is 14.8. The standard InChI is InChI=1S/C16H23N3O2/c1-12-4-7-15(19(20)21)9-16(12)18(10-13-5-6-13)11-14-3-2-8-17-14/h4,7,9,13-14,17H,2-3,5-6,8,10-11H2,1H3. The van der Waals surface area contributed by atoms with Crippen molar-refractivity contribution in [3.05, 3.63) is 33.9 Å². The molecule has 1 saturated heterocycles. The second-order valence-corrected chi connectivity index (χ2v) is 6.37. The first kappa shape index (κ1) is 14.3. The highest BCUT2D eigenvalue weighted by Gasteiger charge is 2.28. The maximum Gasteiger partial charge on any atom is 0.271 e. The van der Waals surface area contributed by atoms with E-state index in [1.165, 1.54) is 25.7 Å². The summed E-state index contributed by atoms with van der Waals surface area (Å²) in [6.07, 6.45) is 5.02. The molecule has 5 heteroatoms. The molecular weight excluding hydrogens is 266 g/mol. The first-order valence-corrected chi connectivity index (χ1v) is 7.87. The van der Waals surface area contributed by atoms with Crippen LogP contribution in [-0.2, 0) is 0 Å². The van der Waals surface area contributed by atoms with Crippen molar-refractivity contribution in [2.24, 2.45) is 5.92 Å². The van der Waals surface area contributed by atoms with Crippen molar-refractivity contribution < 1.29 is 4.92 Å². The van der Waals surface area contributed by atoms with E-state index >= 15 is 0 Å². The SMILES string of the molecule is Cc1ccc([N+](=O)[O-])cc1N(CC1CC1)CC1CCCN1. The maximum atomic E-state index is 11.0. The number of nitro groups is 1. The van der Waals surface area contributed by atoms with Crippen LogP contribution in [0, 0.1) is 23.0 Å². The van der Waals surface area contributed by atoms with Crippen molar-refractivity contribution in [1.82, 2.24) is 5.32 Å². The van der Waals surface area contributed by atoms with Gasteiger partial charge in [0.25, 0.3) is 5.69 Å². The van der Waals surface area contributed by atoms with Gasteiger partial charge in [0.05, 0.1) is 4.92 Å². The molecule has 5 nitrogen and oxygen atoms in total. The lowest BCUT2D eigenvalue weighted by Gasteiger charge is -2.29. The summed E-state index contributed by atoms with van der Waals surface area (Å²) in [5.41, 5.74) is 2.35. The summed E-state index contributed by atoms with van der Waals surface area (Å²) in [7, 11) is 0. The first-order chi connectivity index (χ1) is 10.1. The Kier molecular flexibility index (Phi) is 4.10. The van der Waals surface area contributed by atoms with E-state index < -0.39 is 0 Å². The predicted molar refractivity (Wildman–Crippen MR) is 83.8 cm³/mol. The molecule has 1 atom stereocenters. The van der Waals surface area contributed by atoms with E-state index in [4.69, 9.17) is 0 Å². The Labute approximate surface area is 125 Å². The molecule has 1 aliphatic carbocycles. The van der Waals surface area contributed by atoms with Crippen LogP contribution in [0.2, 0.25) is 0 Å². The molecule has 1 N–H and O–H groups in total. The van der Waals surface area contributed by atoms with Crippen LogP contribution in [0.4, 0.5) is 11.4 Å². The molecule has 0 aromatic heterocycles. The minimum atomic E-state index is -0.300. The number of nitrogens with one attached hydrogen (secondary N) is 1. The van der Waals surface area contributed by atoms with Crippen molar-refractivity contribution in [2.45, 2.75) is 38.6 Å². The molecule has 3 rings (SSSR count). The molecule has 1 saturated carbocycles. The van der Waals surface area contributed by atoms with Gasteiger partial charge in [0.2, 0.25) is 0 Å². The van der Waals surface area contributed by atoms with Crippen LogP contribution in [0.5, 0.6) is 0 Å². The second-order valence-electron chi connectivity index (χ2n) is 6.37. The Hall–Kier alpha value is -1.62. The Bertz CT molecular complexity index is 522. The molecule has 0 radical (unpaired) electrons. The topological polar surface area (TPSA) is 58.4 Å². The number of benzene rings is 1. The van der Waals surface area contributed by atoms with Gasteiger partial charge in [-0.1, -0.05) is 6.07 Å². The average Bonchev–Trinajstić information content (AvgIpc) is 3.12. The van der Waals surface area contributed by atoms with E-state index in [2.05, 4.69) is 10.2 Å². The molecule has 21 heavy (non-hydrogen) atoms. The second kappa shape index (κ2) is 6.02. The lowest BCUT2D eigenvalue weighted by molar-refractivity contribution is -0.384. The fourth-order valence-electron chi connectivity index (χ4n) is 3.11. The molecule has 1 heterocycles. The van der Waals surface area contributed by atoms with Gasteiger partial charge in [0.1, 0.15) is 0 Å². The third kappa shape index (κ3) is 3.53. The highest BCUT2D eigenvalue weighted by atomic mass is 16.6. The van der Waals surface area contributed by atoms with E-state index in [1.807, 2.05) is 13.0 Å². The number of nitro benzene ring substituents is 1. The highest BCUT2D eigenvalue weighted by Crippen LogP contribution is 2.34. The third-order valence-corrected chi connectivity index (χ3v) is 4.52. The zero-order valence-corrected chi connectivity index (χ0v) is 12.5. The fourth-order valence-corrected chi connectivity index (χ4v) is 3.11. The number of anilines is 1. The number of non-ortho nitro benzene ring substituents is 1. The van der Waals surface area contributed by atoms with Crippen LogP contribution >= 0.6 is 0 Å². The minimum absolute atomic E-state index is 0.191. The van der Waals surface area contributed by atoms with Crippen LogP contribution in [0.1, 0.15) is 31.2 Å². The zero-order valence-electron chi connectivity index (χ0n) is 12.5. The van der Waals surface area contributed by atoms with Gasteiger partial charge in [-0.15, -0.1) is 0 Å². The minimum Gasteiger partial charge on any atom is -0.369 e. The van der Waals surface area contributed by atoms with Crippen LogP contribution < -0.4 is 10.2 Å². The number of rotatable bonds is 6. The van der Waals surface area contributed by atoms with Gasteiger partial charge in [-0.05, 0) is 50.6 Å². The molecule has 0 amide bonds. The Morgan fingerprint density at radius 1 is 1.33 bits per heavy atom. The van der Waals surface area contributed by atoms with E-state index in [0.29, 0.717) is 6.04 Å². The molecule has 0 spiro atoms. The molecule has 1 unspecified atom stereocenters. The summed E-state index contributed by atoms with van der Waals surface area (Å²) in [5.74, 6) is 0.769. The number of nitrogens with zero attached hydrogens (tertiary/aromatic N) is 2. The number of aryl methyl sites for hydroxylation is 1. The molecule has 0 bridgehead atoms. The van der Waals surface area contributed by atoms with Crippen LogP contribution in [0.15, 0.2) is 18.2 Å². The van der Waals surface area contributed by atoms with Gasteiger partial charge < -0.3 is 10.2 Å². The van der Waals surface area contributed by atoms with Crippen LogP contribution in [-0.4, -0.2) is 30.6 Å². The highest BCUT2D eigenvalue weighted by molar-refractivity contribution is 5.59. The molecule has 1 aromatic rings. The third-order valence-electron chi connectivity index (χ3n) is 4.52. The normalized spacial score (nSPS) is 21.5. The lowest BCUT2D eigenvalue weighted by atomic mass is 10.1. The Morgan fingerprint density at radius 3 is 2.76 bits per heavy atom. The van der Waals surface area contributed by atoms with Gasteiger partial charge in [-0.3, -0.25) is 10.1 Å². The summed E-state index contributed by atoms with van der Waals surface area (Å²) in [5, 5.41) is 14.6. The predicted octanol–water partition coefficient (Wildman–Crippen LogP) is 2.87. The largest absolute Gasteiger partial charge is 0.369 e. The average molecular weight is 289 g/mol. The van der Waals surface area contributed by atoms with Gasteiger partial charge in [0.15, 0.2) is 0 Å². The van der Waals surface area contributed by atoms with Crippen molar-refractivity contribution in [1.29, 1.82) is 0 Å². The van der Waals surface area contributed by atoms with Gasteiger partial charge in [-0.25, -0.2) is 0 Å². The molecule has 1 aliphatic heterocycles. The monoisotopic (exact) mass is 289 g/mol. The van der Waals surface area contributed by atoms with Gasteiger partial charge in [0, 0.05) is 37.0 Å². The molecule has 114 valence electrons. The first-order valence-electron chi connectivity index (χ1n) is 7.87. The fraction of sp³-hybridized carbons (Fsp3) is 0.625. The van der Waals surface area contributed by atoms with Crippen molar-refractivity contribution >= 4 is 11.4 Å². The van der Waals surface area contributed by atoms with E-state index in [-0.39, 0.29) is 10.6 Å². The summed E-state index contributed by atoms with van der Waals surface area (Å²) in [6, 6.07) is 5.73. The van der Waals surface area contributed by atoms with Gasteiger partial charge in [-0.2, -0.15) is 0 Å². The van der Waals surface area contributed by atoms with Crippen LogP contribution in [0.25, 0.3) is 0 Å². The van der Waals surface area contributed by atoms with Crippen molar-refractivity contribution in [3.8, 4) is 0 Å². The van der Waals surface area contributed by atoms with E-state index in [9.17, 15) is 10.1 Å². The van der Waals surface area contributed by atoms with E-state index in [1.54, 1.807) is 12.1 Å². The lowest BCUT2D eigenvalue weighted by Crippen LogP contribution is -2.39. The Balaban J connectivity index is 1.82. The van der Waals surface area contributed by atoms with Crippen molar-refractivity contribution in [2.75, 3.05) is 24.5 Å². The quantitative estimate of drug-likeness (QED) is 0.646. The summed E-state index contributed by atoms with van der Waals surface area (Å²) >= 11 is 0. The smallest absolute Gasteiger partial charge is 0.271 e. The number of hydrogen-bond acceptors (Lipinski definition) is 4. The Morgan fingerprint density at radius 2 is 2.14 bits per heavy atom. The van der Waals surface area contributed by atoms with E-state index in [0.717, 1.165) is 36.8 Å². The number of hydrogen-bond donors (Lipinski definition) is 1. The van der Waals surface area contributed by atoms with Gasteiger partial charge >= 0.3 is 0 Å². The van der Waals surface area contributed by atoms with Crippen molar-refractivity contribution in [3.63, 3.8) is 0 Å². The summed E-state index contributed by atoms with van der Waals surface area (Å²) in [4.78, 5) is 13.1. The molecule has 2 aliphatic rings. The van der Waals surface area contributed by atoms with Crippen LogP contribution in [0.3, 0.4) is 0 Å². The summed E-state index contributed by atoms with van der Waals surface area (Å²) < 4.78 is 0. The molecular formula is C16H23N3O2. The maximum absolute atomic E-state index is 11.0. The molecule has 2 fully saturated rings. The molecule has 1 aromatic carbocycles.